The van der Waals surface area contributed by atoms with Gasteiger partial charge in [-0.15, -0.1) is 0 Å². The molecule has 0 aliphatic carbocycles. The number of hydrogen-bond acceptors (Lipinski definition) is 3. The Morgan fingerprint density at radius 2 is 2.00 bits per heavy atom. The Bertz CT molecular complexity index is 452. The first-order valence-corrected chi connectivity index (χ1v) is 5.80. The number of ether oxygens (including phenoxy) is 1. The maximum absolute atomic E-state index is 11.3. The molecular weight excluding hydrogens is 230 g/mol. The van der Waals surface area contributed by atoms with Gasteiger partial charge in [0, 0.05) is 18.9 Å². The van der Waals surface area contributed by atoms with Crippen molar-refractivity contribution < 1.29 is 14.3 Å². The van der Waals surface area contributed by atoms with Crippen molar-refractivity contribution in [3.8, 4) is 5.75 Å². The summed E-state index contributed by atoms with van der Waals surface area (Å²) in [6, 6.07) is 7.68. The molecule has 98 valence electrons. The van der Waals surface area contributed by atoms with E-state index in [1.807, 2.05) is 38.1 Å². The predicted molar refractivity (Wildman–Crippen MR) is 69.7 cm³/mol. The third-order valence-electron chi connectivity index (χ3n) is 2.86. The Morgan fingerprint density at radius 1 is 1.33 bits per heavy atom. The highest BCUT2D eigenvalue weighted by atomic mass is 16.5. The molecule has 1 N–H and O–H groups in total. The quantitative estimate of drug-likeness (QED) is 0.808. The first-order valence-electron chi connectivity index (χ1n) is 5.80. The van der Waals surface area contributed by atoms with Crippen LogP contribution < -0.4 is 10.1 Å². The molecule has 4 heteroatoms. The number of benzene rings is 1. The van der Waals surface area contributed by atoms with Crippen LogP contribution in [0, 0.1) is 0 Å². The van der Waals surface area contributed by atoms with Gasteiger partial charge in [-0.3, -0.25) is 9.59 Å². The smallest absolute Gasteiger partial charge is 0.287 e. The molecule has 18 heavy (non-hydrogen) atoms. The third-order valence-corrected chi connectivity index (χ3v) is 2.86. The Kier molecular flexibility index (Phi) is 4.48. The molecule has 0 aromatic heterocycles. The Morgan fingerprint density at radius 3 is 2.56 bits per heavy atom. The molecule has 0 spiro atoms. The number of rotatable bonds is 5. The van der Waals surface area contributed by atoms with E-state index in [-0.39, 0.29) is 5.41 Å². The van der Waals surface area contributed by atoms with Gasteiger partial charge in [0.15, 0.2) is 0 Å². The number of methoxy groups -OCH3 is 1. The van der Waals surface area contributed by atoms with Crippen LogP contribution >= 0.6 is 0 Å². The monoisotopic (exact) mass is 249 g/mol. The van der Waals surface area contributed by atoms with E-state index in [0.29, 0.717) is 6.54 Å². The molecule has 0 bridgehead atoms. The van der Waals surface area contributed by atoms with Gasteiger partial charge >= 0.3 is 0 Å². The molecule has 0 aliphatic heterocycles. The van der Waals surface area contributed by atoms with Crippen LogP contribution in [0.1, 0.15) is 26.3 Å². The minimum Gasteiger partial charge on any atom is -0.497 e. The van der Waals surface area contributed by atoms with Crippen LogP contribution in [-0.4, -0.2) is 25.3 Å². The summed E-state index contributed by atoms with van der Waals surface area (Å²) in [6.45, 7) is 5.66. The summed E-state index contributed by atoms with van der Waals surface area (Å²) in [6.07, 6.45) is 0. The van der Waals surface area contributed by atoms with Crippen LogP contribution in [0.5, 0.6) is 5.75 Å². The Balaban J connectivity index is 2.78. The summed E-state index contributed by atoms with van der Waals surface area (Å²) in [5.74, 6) is -0.249. The number of amides is 1. The largest absolute Gasteiger partial charge is 0.497 e. The lowest BCUT2D eigenvalue weighted by molar-refractivity contribution is -0.136. The molecule has 1 aromatic rings. The number of ketones is 1. The SMILES string of the molecule is COc1cccc(C(C)(C)CNC(=O)C(C)=O)c1. The zero-order chi connectivity index (χ0) is 13.8. The van der Waals surface area contributed by atoms with Gasteiger partial charge < -0.3 is 10.1 Å². The number of carbonyl (C=O) groups excluding carboxylic acids is 2. The molecule has 0 saturated carbocycles. The second-order valence-electron chi connectivity index (χ2n) is 4.85. The zero-order valence-corrected chi connectivity index (χ0v) is 11.2. The standard InChI is InChI=1S/C14H19NO3/c1-10(16)13(17)15-9-14(2,3)11-6-5-7-12(8-11)18-4/h5-8H,9H2,1-4H3,(H,15,17). The maximum Gasteiger partial charge on any atom is 0.287 e. The van der Waals surface area contributed by atoms with Crippen LogP contribution in [0.3, 0.4) is 0 Å². The summed E-state index contributed by atoms with van der Waals surface area (Å²) in [7, 11) is 1.61. The second kappa shape index (κ2) is 5.67. The Hall–Kier alpha value is -1.84. The van der Waals surface area contributed by atoms with Crippen molar-refractivity contribution in [2.24, 2.45) is 0 Å². The lowest BCUT2D eigenvalue weighted by Crippen LogP contribution is -2.39. The molecule has 0 saturated heterocycles. The molecule has 1 amide bonds. The fraction of sp³-hybridized carbons (Fsp3) is 0.429. The molecule has 1 aromatic carbocycles. The van der Waals surface area contributed by atoms with Gasteiger partial charge in [-0.1, -0.05) is 26.0 Å². The topological polar surface area (TPSA) is 55.4 Å². The van der Waals surface area contributed by atoms with E-state index in [1.165, 1.54) is 6.92 Å². The van der Waals surface area contributed by atoms with Crippen LogP contribution in [0.15, 0.2) is 24.3 Å². The zero-order valence-electron chi connectivity index (χ0n) is 11.2. The van der Waals surface area contributed by atoms with Gasteiger partial charge in [0.1, 0.15) is 5.75 Å². The molecular formula is C14H19NO3. The van der Waals surface area contributed by atoms with Crippen molar-refractivity contribution in [2.45, 2.75) is 26.2 Å². The first kappa shape index (κ1) is 14.2. The average Bonchev–Trinajstić information content (AvgIpc) is 2.36. The highest BCUT2D eigenvalue weighted by molar-refractivity contribution is 6.35. The van der Waals surface area contributed by atoms with E-state index in [2.05, 4.69) is 5.32 Å². The van der Waals surface area contributed by atoms with Crippen molar-refractivity contribution in [1.82, 2.24) is 5.32 Å². The van der Waals surface area contributed by atoms with E-state index in [4.69, 9.17) is 4.74 Å². The van der Waals surface area contributed by atoms with Crippen molar-refractivity contribution in [3.63, 3.8) is 0 Å². The van der Waals surface area contributed by atoms with E-state index in [9.17, 15) is 9.59 Å². The molecule has 0 radical (unpaired) electrons. The van der Waals surface area contributed by atoms with Gasteiger partial charge in [-0.25, -0.2) is 0 Å². The summed E-state index contributed by atoms with van der Waals surface area (Å²) >= 11 is 0. The van der Waals surface area contributed by atoms with E-state index in [1.54, 1.807) is 7.11 Å². The molecule has 0 unspecified atom stereocenters. The van der Waals surface area contributed by atoms with Crippen LogP contribution in [0.2, 0.25) is 0 Å². The number of nitrogens with one attached hydrogen (secondary N) is 1. The lowest BCUT2D eigenvalue weighted by atomic mass is 9.84. The first-order chi connectivity index (χ1) is 8.36. The molecule has 0 atom stereocenters. The molecule has 0 fully saturated rings. The molecule has 0 aliphatic rings. The summed E-state index contributed by atoms with van der Waals surface area (Å²) in [5, 5.41) is 2.63. The van der Waals surface area contributed by atoms with Crippen molar-refractivity contribution in [1.29, 1.82) is 0 Å². The van der Waals surface area contributed by atoms with Gasteiger partial charge in [0.05, 0.1) is 7.11 Å². The van der Waals surface area contributed by atoms with E-state index in [0.717, 1.165) is 11.3 Å². The minimum absolute atomic E-state index is 0.264. The van der Waals surface area contributed by atoms with Crippen molar-refractivity contribution in [2.75, 3.05) is 13.7 Å². The highest BCUT2D eigenvalue weighted by Gasteiger charge is 2.22. The summed E-state index contributed by atoms with van der Waals surface area (Å²) in [4.78, 5) is 22.1. The number of hydrogen-bond donors (Lipinski definition) is 1. The third kappa shape index (κ3) is 3.58. The van der Waals surface area contributed by atoms with Crippen LogP contribution in [-0.2, 0) is 15.0 Å². The van der Waals surface area contributed by atoms with Crippen molar-refractivity contribution in [3.05, 3.63) is 29.8 Å². The van der Waals surface area contributed by atoms with E-state index < -0.39 is 11.7 Å². The predicted octanol–water partition coefficient (Wildman–Crippen LogP) is 1.68. The van der Waals surface area contributed by atoms with Crippen LogP contribution in [0.4, 0.5) is 0 Å². The molecule has 0 heterocycles. The number of carbonyl (C=O) groups is 2. The fourth-order valence-corrected chi connectivity index (χ4v) is 1.57. The average molecular weight is 249 g/mol. The fourth-order valence-electron chi connectivity index (χ4n) is 1.57. The molecule has 4 nitrogen and oxygen atoms in total. The van der Waals surface area contributed by atoms with Crippen molar-refractivity contribution >= 4 is 11.7 Å². The maximum atomic E-state index is 11.3. The normalized spacial score (nSPS) is 10.9. The van der Waals surface area contributed by atoms with Crippen LogP contribution in [0.25, 0.3) is 0 Å². The minimum atomic E-state index is -0.550. The highest BCUT2D eigenvalue weighted by Crippen LogP contribution is 2.25. The van der Waals surface area contributed by atoms with Gasteiger partial charge in [0.25, 0.3) is 5.91 Å². The lowest BCUT2D eigenvalue weighted by Gasteiger charge is -2.25. The molecule has 1 rings (SSSR count). The van der Waals surface area contributed by atoms with E-state index >= 15 is 0 Å². The number of Topliss-reactive ketones (excluding diaryl/α,β-unsaturated/α-hetero) is 1. The van der Waals surface area contributed by atoms with Gasteiger partial charge in [-0.05, 0) is 17.7 Å². The van der Waals surface area contributed by atoms with Gasteiger partial charge in [0.2, 0.25) is 5.78 Å². The summed E-state index contributed by atoms with van der Waals surface area (Å²) in [5.41, 5.74) is 0.783. The van der Waals surface area contributed by atoms with Gasteiger partial charge in [-0.2, -0.15) is 0 Å². The summed E-state index contributed by atoms with van der Waals surface area (Å²) < 4.78 is 5.17. The second-order valence-corrected chi connectivity index (χ2v) is 4.85. The Labute approximate surface area is 107 Å².